The Hall–Kier alpha value is -17.8. The minimum absolute atomic E-state index is 1.00. The molecule has 21 aromatic carbocycles. The lowest BCUT2D eigenvalue weighted by Crippen LogP contribution is -2.10. The molecule has 6 nitrogen and oxygen atoms in total. The summed E-state index contributed by atoms with van der Waals surface area (Å²) in [6, 6.07) is 183. The third-order valence-electron chi connectivity index (χ3n) is 26.8. The van der Waals surface area contributed by atoms with E-state index in [0.29, 0.717) is 0 Å². The van der Waals surface area contributed by atoms with Crippen molar-refractivity contribution in [3.05, 3.63) is 510 Å². The Morgan fingerprint density at radius 1 is 0.154 bits per heavy atom. The van der Waals surface area contributed by atoms with Crippen molar-refractivity contribution in [3.8, 4) is 101 Å². The van der Waals surface area contributed by atoms with Crippen LogP contribution in [0.4, 0.5) is 17.1 Å². The molecule has 0 amide bonds. The molecule has 0 aliphatic carbocycles. The number of hydrogen-bond donors (Lipinski definition) is 0. The molecule has 0 atom stereocenters. The van der Waals surface area contributed by atoms with Crippen molar-refractivity contribution in [3.63, 3.8) is 0 Å². The predicted molar refractivity (Wildman–Crippen MR) is 577 cm³/mol. The molecule has 0 radical (unpaired) electrons. The molecule has 27 rings (SSSR count). The number of anilines is 3. The lowest BCUT2D eigenvalue weighted by atomic mass is 9.96. The number of nitrogens with zero attached hydrogens (tertiary/aromatic N) is 6. The summed E-state index contributed by atoms with van der Waals surface area (Å²) in [5, 5.41) is 18.4. The summed E-state index contributed by atoms with van der Waals surface area (Å²) in [7, 11) is 0. The van der Waals surface area contributed by atoms with E-state index in [2.05, 4.69) is 524 Å². The second-order valence-electron chi connectivity index (χ2n) is 34.8. The highest BCUT2D eigenvalue weighted by atomic mass is 32.1. The summed E-state index contributed by atoms with van der Waals surface area (Å²) in [5.41, 5.74) is 31.9. The first-order chi connectivity index (χ1) is 67.4. The first-order valence-corrected chi connectivity index (χ1v) is 47.1. The van der Waals surface area contributed by atoms with E-state index in [1.54, 1.807) is 0 Å². The number of aromatic nitrogens is 5. The summed E-state index contributed by atoms with van der Waals surface area (Å²) in [5.74, 6) is 0. The molecule has 6 aromatic heterocycles. The highest BCUT2D eigenvalue weighted by molar-refractivity contribution is 7.25. The Bertz CT molecular complexity index is 9300. The topological polar surface area (TPSA) is 51.8 Å². The standard InChI is InChI=1S/C49H34N2.C43H26N2S.C37H24N2/c1-3-14-35(15-4-1)37-28-30-42(31-29-37)51(43-22-12-19-39(33-43)36-16-5-2-6-17-36)44-23-13-20-40(34-44)38-18-11-21-41(32-38)49-47-26-8-7-24-45(47)46-25-9-10-27-48(46)50-49;1-2-10-30(11-3-1)45-39-17-9-7-14-33(39)35-24-27(18-21-40(35)45)28-19-22-41-36(25-28)37-26-29(20-23-42(37)46-41)43-34-15-5-4-12-31(34)32-13-6-8-16-38(32)44-43;1-2-13-28(14-3-1)39-35-20-9-7-17-31(35)33-24-26(21-22-36(33)39)25-11-10-12-27(23-25)37-32-18-5-4-15-29(32)30-16-6-8-19-34(30)38-37/h1-34H;1-26H;1-24H. The summed E-state index contributed by atoms with van der Waals surface area (Å²) in [4.78, 5) is 17.9. The smallest absolute Gasteiger partial charge is 0.0788 e. The number of para-hydroxylation sites is 7. The third-order valence-corrected chi connectivity index (χ3v) is 27.9. The van der Waals surface area contributed by atoms with Gasteiger partial charge in [-0.25, -0.2) is 15.0 Å². The van der Waals surface area contributed by atoms with Crippen LogP contribution in [0.3, 0.4) is 0 Å². The lowest BCUT2D eigenvalue weighted by Gasteiger charge is -2.27. The number of fused-ring (bicyclic) bond motifs is 18. The van der Waals surface area contributed by atoms with Crippen molar-refractivity contribution in [1.82, 2.24) is 24.1 Å². The number of rotatable bonds is 13. The predicted octanol–water partition coefficient (Wildman–Crippen LogP) is 35.5. The highest BCUT2D eigenvalue weighted by Gasteiger charge is 2.22. The molecule has 136 heavy (non-hydrogen) atoms. The van der Waals surface area contributed by atoms with Crippen molar-refractivity contribution in [2.24, 2.45) is 0 Å². The van der Waals surface area contributed by atoms with Crippen LogP contribution in [-0.2, 0) is 0 Å². The maximum atomic E-state index is 5.19. The second-order valence-corrected chi connectivity index (χ2v) is 35.9. The normalized spacial score (nSPS) is 11.5. The number of pyridine rings is 3. The van der Waals surface area contributed by atoms with Crippen LogP contribution in [0.15, 0.2) is 510 Å². The molecule has 0 saturated heterocycles. The van der Waals surface area contributed by atoms with E-state index in [0.717, 1.165) is 83.9 Å². The Kier molecular flexibility index (Phi) is 20.4. The molecule has 0 N–H and O–H groups in total. The zero-order valence-electron chi connectivity index (χ0n) is 74.1. The molecule has 0 aliphatic rings. The fraction of sp³-hybridized carbons (Fsp3) is 0. The van der Waals surface area contributed by atoms with Crippen LogP contribution in [0.2, 0.25) is 0 Å². The molecule has 0 unspecified atom stereocenters. The average molecular weight is 1750 g/mol. The zero-order valence-corrected chi connectivity index (χ0v) is 74.9. The second kappa shape index (κ2) is 34.5. The summed E-state index contributed by atoms with van der Waals surface area (Å²) < 4.78 is 7.32. The van der Waals surface area contributed by atoms with Crippen molar-refractivity contribution in [2.75, 3.05) is 4.90 Å². The van der Waals surface area contributed by atoms with Gasteiger partial charge in [0.15, 0.2) is 0 Å². The van der Waals surface area contributed by atoms with E-state index in [4.69, 9.17) is 15.0 Å². The van der Waals surface area contributed by atoms with Crippen LogP contribution in [0, 0.1) is 0 Å². The van der Waals surface area contributed by atoms with Crippen LogP contribution < -0.4 is 4.90 Å². The quantitative estimate of drug-likeness (QED) is 0.108. The molecule has 0 spiro atoms. The SMILES string of the molecule is c1ccc(-c2ccc(N(c3cccc(-c4ccccc4)c3)c3cccc(-c4cccc(-c5nc6ccccc6c6ccccc56)c4)c3)cc2)cc1.c1ccc(-n2c3ccccc3c3cc(-c4ccc5sc6ccc(-c7nc8ccccc8c8ccccc78)cc6c5c4)ccc32)cc1.c1ccc(-n2c3ccccc3c3cc(-c4cccc(-c5nc6ccccc6c6ccccc56)c4)ccc32)cc1. The van der Waals surface area contributed by atoms with E-state index < -0.39 is 0 Å². The van der Waals surface area contributed by atoms with Crippen molar-refractivity contribution in [1.29, 1.82) is 0 Å². The van der Waals surface area contributed by atoms with Crippen molar-refractivity contribution in [2.45, 2.75) is 0 Å². The first kappa shape index (κ1) is 80.3. The van der Waals surface area contributed by atoms with Crippen molar-refractivity contribution >= 4 is 157 Å². The summed E-state index contributed by atoms with van der Waals surface area (Å²) in [6.07, 6.45) is 0. The monoisotopic (exact) mass is 1750 g/mol. The van der Waals surface area contributed by atoms with E-state index in [1.165, 1.54) is 163 Å². The van der Waals surface area contributed by atoms with Gasteiger partial charge in [-0.05, 0) is 223 Å². The first-order valence-electron chi connectivity index (χ1n) is 46.3. The van der Waals surface area contributed by atoms with Gasteiger partial charge in [0.25, 0.3) is 0 Å². The minimum Gasteiger partial charge on any atom is -0.310 e. The van der Waals surface area contributed by atoms with Crippen LogP contribution in [0.25, 0.3) is 230 Å². The Balaban J connectivity index is 0.000000110. The fourth-order valence-electron chi connectivity index (χ4n) is 20.3. The van der Waals surface area contributed by atoms with Gasteiger partial charge in [-0.15, -0.1) is 11.3 Å². The van der Waals surface area contributed by atoms with Gasteiger partial charge in [0.05, 0.1) is 55.7 Å². The maximum Gasteiger partial charge on any atom is 0.0788 e. The summed E-state index contributed by atoms with van der Waals surface area (Å²) in [6.45, 7) is 0. The Labute approximate surface area is 790 Å². The van der Waals surface area contributed by atoms with Gasteiger partial charge < -0.3 is 14.0 Å². The third kappa shape index (κ3) is 14.7. The molecular formula is C129H84N6S. The van der Waals surface area contributed by atoms with Gasteiger partial charge >= 0.3 is 0 Å². The Morgan fingerprint density at radius 2 is 0.419 bits per heavy atom. The van der Waals surface area contributed by atoms with E-state index >= 15 is 0 Å². The number of benzene rings is 21. The van der Waals surface area contributed by atoms with Gasteiger partial charge in [0.1, 0.15) is 0 Å². The molecule has 0 bridgehead atoms. The van der Waals surface area contributed by atoms with Gasteiger partial charge in [-0.1, -0.05) is 358 Å². The molecule has 7 heteroatoms. The van der Waals surface area contributed by atoms with Gasteiger partial charge in [0.2, 0.25) is 0 Å². The fourth-order valence-corrected chi connectivity index (χ4v) is 21.4. The largest absolute Gasteiger partial charge is 0.310 e. The van der Waals surface area contributed by atoms with Crippen molar-refractivity contribution < 1.29 is 0 Å². The Morgan fingerprint density at radius 3 is 0.846 bits per heavy atom. The highest BCUT2D eigenvalue weighted by Crippen LogP contribution is 2.47. The number of hydrogen-bond acceptors (Lipinski definition) is 5. The minimum atomic E-state index is 1.00. The number of thiophene rings is 1. The van der Waals surface area contributed by atoms with Crippen LogP contribution >= 0.6 is 11.3 Å². The van der Waals surface area contributed by atoms with E-state index in [-0.39, 0.29) is 0 Å². The van der Waals surface area contributed by atoms with Crippen LogP contribution in [0.5, 0.6) is 0 Å². The molecular weight excluding hydrogens is 1670 g/mol. The molecule has 27 aromatic rings. The van der Waals surface area contributed by atoms with Gasteiger partial charge in [-0.3, -0.25) is 0 Å². The van der Waals surface area contributed by atoms with Gasteiger partial charge in [0, 0.05) is 119 Å². The molecule has 0 aliphatic heterocycles. The van der Waals surface area contributed by atoms with Gasteiger partial charge in [-0.2, -0.15) is 0 Å². The molecule has 0 fully saturated rings. The maximum absolute atomic E-state index is 5.19. The average Bonchev–Trinajstić information content (AvgIpc) is 1.64. The molecule has 636 valence electrons. The zero-order chi connectivity index (χ0) is 89.9. The summed E-state index contributed by atoms with van der Waals surface area (Å²) >= 11 is 1.86. The van der Waals surface area contributed by atoms with E-state index in [9.17, 15) is 0 Å². The lowest BCUT2D eigenvalue weighted by molar-refractivity contribution is 1.18. The van der Waals surface area contributed by atoms with E-state index in [1.807, 2.05) is 11.3 Å². The van der Waals surface area contributed by atoms with Crippen LogP contribution in [-0.4, -0.2) is 24.1 Å². The van der Waals surface area contributed by atoms with Crippen LogP contribution in [0.1, 0.15) is 0 Å². The molecule has 6 heterocycles. The molecule has 0 saturated carbocycles.